The molecule has 33 heavy (non-hydrogen) atoms. The Morgan fingerprint density at radius 3 is 2.55 bits per heavy atom. The molecular weight excluding hydrogens is 419 g/mol. The van der Waals surface area contributed by atoms with E-state index in [2.05, 4.69) is 20.9 Å². The molecule has 2 fully saturated rings. The molecule has 3 heterocycles. The fraction of sp³-hybridized carbons (Fsp3) is 0.346. The topological polar surface area (TPSA) is 58.6 Å². The molecule has 1 aliphatic carbocycles. The first-order valence-electron chi connectivity index (χ1n) is 11.4. The monoisotopic (exact) mass is 444 g/mol. The molecule has 168 valence electrons. The summed E-state index contributed by atoms with van der Waals surface area (Å²) in [4.78, 5) is 26.2. The van der Waals surface area contributed by atoms with Crippen LogP contribution in [0.2, 0.25) is 0 Å². The smallest absolute Gasteiger partial charge is 0.254 e. The number of carbonyl (C=O) groups excluding carboxylic acids is 1. The lowest BCUT2D eigenvalue weighted by atomic mass is 9.97. The molecule has 0 atom stereocenters. The summed E-state index contributed by atoms with van der Waals surface area (Å²) < 4.78 is 19.8. The summed E-state index contributed by atoms with van der Waals surface area (Å²) in [5, 5.41) is 0. The van der Waals surface area contributed by atoms with E-state index in [1.165, 1.54) is 11.6 Å². The molecule has 1 spiro atoms. The summed E-state index contributed by atoms with van der Waals surface area (Å²) >= 11 is 0. The standard InChI is InChI=1S/C26H25FN4O2/c1-17-3-2-4-21(27)23(17)19-14-28-25(29-15-19)31-16-26(7-8-26)20-6-5-18(13-22(20)31)24(32)30-9-11-33-12-10-30/h2-6,13-15H,7-12,16H2,1H3. The average Bonchev–Trinajstić information content (AvgIpc) is 3.56. The Morgan fingerprint density at radius 2 is 1.85 bits per heavy atom. The van der Waals surface area contributed by atoms with Gasteiger partial charge in [0.2, 0.25) is 5.95 Å². The second-order valence-corrected chi connectivity index (χ2v) is 9.21. The number of nitrogens with zero attached hydrogens (tertiary/aromatic N) is 4. The van der Waals surface area contributed by atoms with Crippen LogP contribution in [0.3, 0.4) is 0 Å². The molecular formula is C26H25FN4O2. The second kappa shape index (κ2) is 7.63. The number of fused-ring (bicyclic) bond motifs is 2. The Labute approximate surface area is 192 Å². The zero-order valence-corrected chi connectivity index (χ0v) is 18.6. The van der Waals surface area contributed by atoms with Crippen LogP contribution in [0, 0.1) is 12.7 Å². The predicted molar refractivity (Wildman–Crippen MR) is 123 cm³/mol. The SMILES string of the molecule is Cc1cccc(F)c1-c1cnc(N2CC3(CC3)c3ccc(C(=O)N4CCOCC4)cc32)nc1. The third-order valence-electron chi connectivity index (χ3n) is 7.11. The molecule has 2 aromatic carbocycles. The van der Waals surface area contributed by atoms with Gasteiger partial charge in [-0.1, -0.05) is 18.2 Å². The van der Waals surface area contributed by atoms with Gasteiger partial charge in [-0.2, -0.15) is 0 Å². The number of anilines is 2. The van der Waals surface area contributed by atoms with E-state index >= 15 is 0 Å². The third kappa shape index (κ3) is 3.38. The summed E-state index contributed by atoms with van der Waals surface area (Å²) in [6.07, 6.45) is 5.63. The minimum atomic E-state index is -0.277. The molecule has 2 aliphatic heterocycles. The Hall–Kier alpha value is -3.32. The van der Waals surface area contributed by atoms with Crippen LogP contribution in [0.1, 0.15) is 34.3 Å². The quantitative estimate of drug-likeness (QED) is 0.605. The molecule has 7 heteroatoms. The van der Waals surface area contributed by atoms with Gasteiger partial charge in [0.25, 0.3) is 5.91 Å². The van der Waals surface area contributed by atoms with Crippen molar-refractivity contribution in [2.24, 2.45) is 0 Å². The molecule has 6 rings (SSSR count). The first-order chi connectivity index (χ1) is 16.1. The summed E-state index contributed by atoms with van der Waals surface area (Å²) in [6.45, 7) is 5.07. The Kier molecular flexibility index (Phi) is 4.69. The van der Waals surface area contributed by atoms with Crippen LogP contribution in [0.4, 0.5) is 16.0 Å². The molecule has 1 amide bonds. The lowest BCUT2D eigenvalue weighted by Gasteiger charge is -2.27. The number of aryl methyl sites for hydroxylation is 1. The van der Waals surface area contributed by atoms with Crippen molar-refractivity contribution in [2.45, 2.75) is 25.2 Å². The van der Waals surface area contributed by atoms with Gasteiger partial charge in [-0.15, -0.1) is 0 Å². The van der Waals surface area contributed by atoms with E-state index in [0.29, 0.717) is 48.9 Å². The number of carbonyl (C=O) groups is 1. The first kappa shape index (κ1) is 20.3. The van der Waals surface area contributed by atoms with Gasteiger partial charge in [0.05, 0.1) is 13.2 Å². The third-order valence-corrected chi connectivity index (χ3v) is 7.11. The minimum absolute atomic E-state index is 0.0316. The predicted octanol–water partition coefficient (Wildman–Crippen LogP) is 4.25. The zero-order chi connectivity index (χ0) is 22.6. The number of aromatic nitrogens is 2. The van der Waals surface area contributed by atoms with E-state index in [0.717, 1.165) is 30.6 Å². The highest BCUT2D eigenvalue weighted by molar-refractivity contribution is 5.96. The highest BCUT2D eigenvalue weighted by Gasteiger charge is 2.52. The number of morpholine rings is 1. The maximum Gasteiger partial charge on any atom is 0.254 e. The van der Waals surface area contributed by atoms with Crippen molar-refractivity contribution in [1.29, 1.82) is 0 Å². The van der Waals surface area contributed by atoms with Crippen molar-refractivity contribution in [3.05, 3.63) is 71.3 Å². The lowest BCUT2D eigenvalue weighted by Crippen LogP contribution is -2.40. The van der Waals surface area contributed by atoms with Crippen LogP contribution >= 0.6 is 0 Å². The van der Waals surface area contributed by atoms with Crippen molar-refractivity contribution in [1.82, 2.24) is 14.9 Å². The van der Waals surface area contributed by atoms with Gasteiger partial charge < -0.3 is 14.5 Å². The number of benzene rings is 2. The van der Waals surface area contributed by atoms with E-state index in [1.54, 1.807) is 18.5 Å². The molecule has 1 aromatic heterocycles. The summed E-state index contributed by atoms with van der Waals surface area (Å²) in [5.74, 6) is 0.332. The van der Waals surface area contributed by atoms with Gasteiger partial charge in [0, 0.05) is 59.8 Å². The molecule has 3 aromatic rings. The molecule has 1 saturated carbocycles. The maximum atomic E-state index is 14.4. The molecule has 0 N–H and O–H groups in total. The molecule has 0 unspecified atom stereocenters. The number of ether oxygens (including phenoxy) is 1. The zero-order valence-electron chi connectivity index (χ0n) is 18.6. The molecule has 3 aliphatic rings. The second-order valence-electron chi connectivity index (χ2n) is 9.21. The van der Waals surface area contributed by atoms with Crippen LogP contribution in [-0.4, -0.2) is 53.6 Å². The molecule has 0 bridgehead atoms. The van der Waals surface area contributed by atoms with Crippen LogP contribution in [0.15, 0.2) is 48.8 Å². The average molecular weight is 445 g/mol. The number of hydrogen-bond donors (Lipinski definition) is 0. The van der Waals surface area contributed by atoms with E-state index in [9.17, 15) is 9.18 Å². The maximum absolute atomic E-state index is 14.4. The largest absolute Gasteiger partial charge is 0.378 e. The van der Waals surface area contributed by atoms with Gasteiger partial charge in [-0.25, -0.2) is 14.4 Å². The summed E-state index contributed by atoms with van der Waals surface area (Å²) in [7, 11) is 0. The number of halogens is 1. The summed E-state index contributed by atoms with van der Waals surface area (Å²) in [6, 6.07) is 11.1. The molecule has 6 nitrogen and oxygen atoms in total. The van der Waals surface area contributed by atoms with E-state index < -0.39 is 0 Å². The van der Waals surface area contributed by atoms with Crippen LogP contribution in [0.5, 0.6) is 0 Å². The van der Waals surface area contributed by atoms with Crippen molar-refractivity contribution in [3.63, 3.8) is 0 Å². The Bertz CT molecular complexity index is 1210. The fourth-order valence-corrected chi connectivity index (χ4v) is 5.10. The fourth-order valence-electron chi connectivity index (χ4n) is 5.10. The highest BCUT2D eigenvalue weighted by atomic mass is 19.1. The van der Waals surface area contributed by atoms with Gasteiger partial charge in [-0.3, -0.25) is 4.79 Å². The van der Waals surface area contributed by atoms with Crippen molar-refractivity contribution in [3.8, 4) is 11.1 Å². The summed E-state index contributed by atoms with van der Waals surface area (Å²) in [5.41, 5.74) is 5.10. The van der Waals surface area contributed by atoms with E-state index in [1.807, 2.05) is 30.0 Å². The van der Waals surface area contributed by atoms with Crippen LogP contribution in [0.25, 0.3) is 11.1 Å². The number of rotatable bonds is 3. The van der Waals surface area contributed by atoms with Crippen LogP contribution in [-0.2, 0) is 10.2 Å². The molecule has 0 radical (unpaired) electrons. The van der Waals surface area contributed by atoms with Crippen molar-refractivity contribution in [2.75, 3.05) is 37.7 Å². The Morgan fingerprint density at radius 1 is 1.09 bits per heavy atom. The van der Waals surface area contributed by atoms with Gasteiger partial charge in [-0.05, 0) is 49.1 Å². The van der Waals surface area contributed by atoms with Crippen molar-refractivity contribution >= 4 is 17.5 Å². The van der Waals surface area contributed by atoms with Crippen molar-refractivity contribution < 1.29 is 13.9 Å². The van der Waals surface area contributed by atoms with Crippen LogP contribution < -0.4 is 4.90 Å². The number of hydrogen-bond acceptors (Lipinski definition) is 5. The lowest BCUT2D eigenvalue weighted by molar-refractivity contribution is 0.0303. The first-order valence-corrected chi connectivity index (χ1v) is 11.4. The van der Waals surface area contributed by atoms with Gasteiger partial charge in [0.15, 0.2) is 0 Å². The van der Waals surface area contributed by atoms with Gasteiger partial charge >= 0.3 is 0 Å². The Balaban J connectivity index is 1.34. The molecule has 1 saturated heterocycles. The minimum Gasteiger partial charge on any atom is -0.378 e. The number of amides is 1. The van der Waals surface area contributed by atoms with E-state index in [-0.39, 0.29) is 17.1 Å². The van der Waals surface area contributed by atoms with Gasteiger partial charge in [0.1, 0.15) is 5.82 Å². The normalized spacial score (nSPS) is 18.5. The van der Waals surface area contributed by atoms with E-state index in [4.69, 9.17) is 4.74 Å². The highest BCUT2D eigenvalue weighted by Crippen LogP contribution is 2.57.